The first-order valence-corrected chi connectivity index (χ1v) is 7.87. The highest BCUT2D eigenvalue weighted by molar-refractivity contribution is 7.08. The molecule has 2 heterocycles. The molecule has 2 unspecified atom stereocenters. The molecule has 1 aliphatic heterocycles. The third-order valence-corrected chi connectivity index (χ3v) is 4.45. The maximum Gasteiger partial charge on any atom is 0.252 e. The molecule has 0 spiro atoms. The standard InChI is InChI=1S/C14H21N3O2S/c1-10-11(2)17(7-6-15-10)13(18)3-5-16-14(19)12-4-8-20-9-12/h4,8-11,15H,3,5-7H2,1-2H3,(H,16,19). The van der Waals surface area contributed by atoms with Crippen LogP contribution >= 0.6 is 11.3 Å². The molecule has 1 saturated heterocycles. The normalized spacial score (nSPS) is 22.6. The molecule has 1 aromatic heterocycles. The van der Waals surface area contributed by atoms with Gasteiger partial charge in [0.15, 0.2) is 0 Å². The molecule has 110 valence electrons. The Balaban J connectivity index is 1.76. The van der Waals surface area contributed by atoms with Gasteiger partial charge in [0.25, 0.3) is 5.91 Å². The molecule has 5 nitrogen and oxygen atoms in total. The van der Waals surface area contributed by atoms with Crippen LogP contribution in [0.3, 0.4) is 0 Å². The molecule has 2 atom stereocenters. The monoisotopic (exact) mass is 295 g/mol. The average molecular weight is 295 g/mol. The fourth-order valence-corrected chi connectivity index (χ4v) is 2.97. The summed E-state index contributed by atoms with van der Waals surface area (Å²) in [5.74, 6) is -0.00255. The Morgan fingerprint density at radius 3 is 3.00 bits per heavy atom. The number of thiophene rings is 1. The van der Waals surface area contributed by atoms with Gasteiger partial charge in [0.1, 0.15) is 0 Å². The van der Waals surface area contributed by atoms with Crippen molar-refractivity contribution in [1.29, 1.82) is 0 Å². The minimum Gasteiger partial charge on any atom is -0.351 e. The van der Waals surface area contributed by atoms with E-state index in [4.69, 9.17) is 0 Å². The van der Waals surface area contributed by atoms with E-state index < -0.39 is 0 Å². The van der Waals surface area contributed by atoms with Gasteiger partial charge in [0.2, 0.25) is 5.91 Å². The first-order chi connectivity index (χ1) is 9.59. The average Bonchev–Trinajstić information content (AvgIpc) is 2.95. The molecular formula is C14H21N3O2S. The predicted octanol–water partition coefficient (Wildman–Crippen LogP) is 1.08. The Morgan fingerprint density at radius 1 is 1.50 bits per heavy atom. The number of piperazine rings is 1. The van der Waals surface area contributed by atoms with Crippen molar-refractivity contribution >= 4 is 23.2 Å². The highest BCUT2D eigenvalue weighted by Gasteiger charge is 2.27. The SMILES string of the molecule is CC1NCCN(C(=O)CCNC(=O)c2ccsc2)C1C. The summed E-state index contributed by atoms with van der Waals surface area (Å²) in [7, 11) is 0. The zero-order chi connectivity index (χ0) is 14.5. The fraction of sp³-hybridized carbons (Fsp3) is 0.571. The lowest BCUT2D eigenvalue weighted by Gasteiger charge is -2.38. The first-order valence-electron chi connectivity index (χ1n) is 6.93. The van der Waals surface area contributed by atoms with Crippen molar-refractivity contribution in [1.82, 2.24) is 15.5 Å². The van der Waals surface area contributed by atoms with Gasteiger partial charge in [0, 0.05) is 49.1 Å². The molecule has 1 fully saturated rings. The zero-order valence-corrected chi connectivity index (χ0v) is 12.7. The van der Waals surface area contributed by atoms with E-state index in [-0.39, 0.29) is 17.9 Å². The molecule has 2 N–H and O–H groups in total. The van der Waals surface area contributed by atoms with Crippen molar-refractivity contribution in [3.63, 3.8) is 0 Å². The number of rotatable bonds is 4. The second-order valence-electron chi connectivity index (χ2n) is 5.09. The lowest BCUT2D eigenvalue weighted by Crippen LogP contribution is -2.57. The largest absolute Gasteiger partial charge is 0.351 e. The number of hydrogen-bond donors (Lipinski definition) is 2. The summed E-state index contributed by atoms with van der Waals surface area (Å²) >= 11 is 1.49. The van der Waals surface area contributed by atoms with Crippen molar-refractivity contribution in [3.8, 4) is 0 Å². The minimum atomic E-state index is -0.110. The van der Waals surface area contributed by atoms with Crippen LogP contribution in [-0.4, -0.2) is 48.4 Å². The number of amides is 2. The summed E-state index contributed by atoms with van der Waals surface area (Å²) < 4.78 is 0. The third kappa shape index (κ3) is 3.58. The van der Waals surface area contributed by atoms with E-state index >= 15 is 0 Å². The Bertz CT molecular complexity index is 461. The number of nitrogens with one attached hydrogen (secondary N) is 2. The van der Waals surface area contributed by atoms with Gasteiger partial charge in [-0.05, 0) is 25.3 Å². The van der Waals surface area contributed by atoms with E-state index in [9.17, 15) is 9.59 Å². The van der Waals surface area contributed by atoms with Crippen LogP contribution in [0, 0.1) is 0 Å². The van der Waals surface area contributed by atoms with Crippen LogP contribution in [0.15, 0.2) is 16.8 Å². The van der Waals surface area contributed by atoms with E-state index in [0.717, 1.165) is 13.1 Å². The van der Waals surface area contributed by atoms with Gasteiger partial charge in [0.05, 0.1) is 0 Å². The maximum atomic E-state index is 12.2. The van der Waals surface area contributed by atoms with Crippen molar-refractivity contribution < 1.29 is 9.59 Å². The number of nitrogens with zero attached hydrogens (tertiary/aromatic N) is 1. The van der Waals surface area contributed by atoms with E-state index in [1.54, 1.807) is 11.4 Å². The Morgan fingerprint density at radius 2 is 2.30 bits per heavy atom. The predicted molar refractivity (Wildman–Crippen MR) is 79.9 cm³/mol. The summed E-state index contributed by atoms with van der Waals surface area (Å²) in [4.78, 5) is 25.8. The van der Waals surface area contributed by atoms with Crippen LogP contribution in [0.25, 0.3) is 0 Å². The van der Waals surface area contributed by atoms with E-state index in [1.165, 1.54) is 11.3 Å². The first kappa shape index (κ1) is 15.0. The summed E-state index contributed by atoms with van der Waals surface area (Å²) in [6.45, 7) is 6.10. The van der Waals surface area contributed by atoms with Crippen molar-refractivity contribution in [2.45, 2.75) is 32.4 Å². The number of hydrogen-bond acceptors (Lipinski definition) is 4. The molecule has 6 heteroatoms. The quantitative estimate of drug-likeness (QED) is 0.874. The van der Waals surface area contributed by atoms with Gasteiger partial charge in [-0.1, -0.05) is 0 Å². The highest BCUT2D eigenvalue weighted by atomic mass is 32.1. The van der Waals surface area contributed by atoms with E-state index in [0.29, 0.717) is 24.6 Å². The van der Waals surface area contributed by atoms with Gasteiger partial charge in [-0.15, -0.1) is 0 Å². The van der Waals surface area contributed by atoms with Crippen molar-refractivity contribution in [2.75, 3.05) is 19.6 Å². The molecule has 0 radical (unpaired) electrons. The second-order valence-corrected chi connectivity index (χ2v) is 5.87. The molecule has 1 aliphatic rings. The molecular weight excluding hydrogens is 274 g/mol. The Kier molecular flexibility index (Phi) is 5.14. The summed E-state index contributed by atoms with van der Waals surface area (Å²) in [5, 5.41) is 9.80. The van der Waals surface area contributed by atoms with Crippen LogP contribution in [0.5, 0.6) is 0 Å². The van der Waals surface area contributed by atoms with Crippen molar-refractivity contribution in [2.24, 2.45) is 0 Å². The second kappa shape index (κ2) is 6.85. The van der Waals surface area contributed by atoms with Gasteiger partial charge >= 0.3 is 0 Å². The lowest BCUT2D eigenvalue weighted by atomic mass is 10.1. The Labute approximate surface area is 123 Å². The topological polar surface area (TPSA) is 61.4 Å². The van der Waals surface area contributed by atoms with Crippen LogP contribution in [0.2, 0.25) is 0 Å². The maximum absolute atomic E-state index is 12.2. The van der Waals surface area contributed by atoms with Crippen molar-refractivity contribution in [3.05, 3.63) is 22.4 Å². The number of carbonyl (C=O) groups is 2. The van der Waals surface area contributed by atoms with Gasteiger partial charge in [-0.25, -0.2) is 0 Å². The molecule has 20 heavy (non-hydrogen) atoms. The minimum absolute atomic E-state index is 0.108. The summed E-state index contributed by atoms with van der Waals surface area (Å²) in [6.07, 6.45) is 0.354. The van der Waals surface area contributed by atoms with Crippen LogP contribution < -0.4 is 10.6 Å². The zero-order valence-electron chi connectivity index (χ0n) is 11.9. The lowest BCUT2D eigenvalue weighted by molar-refractivity contribution is -0.134. The van der Waals surface area contributed by atoms with Crippen LogP contribution in [0.1, 0.15) is 30.6 Å². The number of carbonyl (C=O) groups excluding carboxylic acids is 2. The molecule has 2 amide bonds. The molecule has 0 bridgehead atoms. The molecule has 0 aliphatic carbocycles. The highest BCUT2D eigenvalue weighted by Crippen LogP contribution is 2.10. The molecule has 0 aromatic carbocycles. The molecule has 1 aromatic rings. The van der Waals surface area contributed by atoms with Crippen LogP contribution in [-0.2, 0) is 4.79 Å². The fourth-order valence-electron chi connectivity index (χ4n) is 2.33. The molecule has 0 saturated carbocycles. The third-order valence-electron chi connectivity index (χ3n) is 3.76. The van der Waals surface area contributed by atoms with Gasteiger partial charge < -0.3 is 15.5 Å². The van der Waals surface area contributed by atoms with Gasteiger partial charge in [-0.2, -0.15) is 11.3 Å². The Hall–Kier alpha value is -1.40. The molecule has 2 rings (SSSR count). The summed E-state index contributed by atoms with van der Waals surface area (Å²) in [6, 6.07) is 2.29. The summed E-state index contributed by atoms with van der Waals surface area (Å²) in [5.41, 5.74) is 0.659. The smallest absolute Gasteiger partial charge is 0.252 e. The van der Waals surface area contributed by atoms with E-state index in [2.05, 4.69) is 24.5 Å². The van der Waals surface area contributed by atoms with E-state index in [1.807, 2.05) is 10.3 Å². The van der Waals surface area contributed by atoms with Gasteiger partial charge in [-0.3, -0.25) is 9.59 Å². The van der Waals surface area contributed by atoms with Crippen LogP contribution in [0.4, 0.5) is 0 Å².